The molecular formula is C12H16N2O2. The standard InChI is InChI=1S/C12H16N2O2/c1-16-12(15)9-4-2-8(3-5-9)10-6-14-7-11(10)13/h2-5,10-11,14H,6-7,13H2,1H3/t10-,11+/m0/s1. The fourth-order valence-electron chi connectivity index (χ4n) is 2.05. The Morgan fingerprint density at radius 1 is 1.38 bits per heavy atom. The van der Waals surface area contributed by atoms with Crippen LogP contribution in [0.25, 0.3) is 0 Å². The van der Waals surface area contributed by atoms with Crippen LogP contribution in [0.2, 0.25) is 0 Å². The zero-order valence-electron chi connectivity index (χ0n) is 9.27. The molecule has 0 radical (unpaired) electrons. The number of esters is 1. The van der Waals surface area contributed by atoms with Crippen molar-refractivity contribution in [1.82, 2.24) is 5.32 Å². The van der Waals surface area contributed by atoms with Crippen LogP contribution >= 0.6 is 0 Å². The van der Waals surface area contributed by atoms with E-state index in [9.17, 15) is 4.79 Å². The minimum atomic E-state index is -0.305. The van der Waals surface area contributed by atoms with E-state index in [-0.39, 0.29) is 12.0 Å². The Kier molecular flexibility index (Phi) is 3.22. The quantitative estimate of drug-likeness (QED) is 0.712. The molecule has 2 rings (SSSR count). The van der Waals surface area contributed by atoms with Gasteiger partial charge in [-0.2, -0.15) is 0 Å². The van der Waals surface area contributed by atoms with Crippen molar-refractivity contribution >= 4 is 5.97 Å². The van der Waals surface area contributed by atoms with Gasteiger partial charge >= 0.3 is 5.97 Å². The van der Waals surface area contributed by atoms with Crippen LogP contribution in [-0.2, 0) is 4.74 Å². The molecule has 1 heterocycles. The van der Waals surface area contributed by atoms with Crippen LogP contribution in [0.15, 0.2) is 24.3 Å². The molecule has 2 atom stereocenters. The smallest absolute Gasteiger partial charge is 0.337 e. The summed E-state index contributed by atoms with van der Waals surface area (Å²) in [6, 6.07) is 7.62. The fourth-order valence-corrected chi connectivity index (χ4v) is 2.05. The summed E-state index contributed by atoms with van der Waals surface area (Å²) in [6.07, 6.45) is 0. The van der Waals surface area contributed by atoms with Gasteiger partial charge in [-0.1, -0.05) is 12.1 Å². The van der Waals surface area contributed by atoms with Crippen LogP contribution in [0.4, 0.5) is 0 Å². The third kappa shape index (κ3) is 2.08. The highest BCUT2D eigenvalue weighted by Crippen LogP contribution is 2.21. The molecular weight excluding hydrogens is 204 g/mol. The van der Waals surface area contributed by atoms with Gasteiger partial charge < -0.3 is 15.8 Å². The topological polar surface area (TPSA) is 64.3 Å². The third-order valence-corrected chi connectivity index (χ3v) is 3.02. The molecule has 1 aromatic rings. The molecule has 86 valence electrons. The fraction of sp³-hybridized carbons (Fsp3) is 0.417. The monoisotopic (exact) mass is 220 g/mol. The second-order valence-corrected chi connectivity index (χ2v) is 4.04. The predicted molar refractivity (Wildman–Crippen MR) is 61.4 cm³/mol. The van der Waals surface area contributed by atoms with Crippen molar-refractivity contribution in [2.75, 3.05) is 20.2 Å². The molecule has 4 nitrogen and oxygen atoms in total. The Balaban J connectivity index is 2.16. The first-order chi connectivity index (χ1) is 7.72. The summed E-state index contributed by atoms with van der Waals surface area (Å²) >= 11 is 0. The van der Waals surface area contributed by atoms with Crippen LogP contribution in [-0.4, -0.2) is 32.2 Å². The van der Waals surface area contributed by atoms with Gasteiger partial charge in [0, 0.05) is 25.0 Å². The molecule has 0 unspecified atom stereocenters. The molecule has 1 aliphatic rings. The highest BCUT2D eigenvalue weighted by Gasteiger charge is 2.24. The maximum atomic E-state index is 11.3. The van der Waals surface area contributed by atoms with Gasteiger partial charge in [-0.05, 0) is 17.7 Å². The molecule has 0 spiro atoms. The molecule has 0 saturated carbocycles. The van der Waals surface area contributed by atoms with E-state index in [4.69, 9.17) is 5.73 Å². The number of nitrogens with one attached hydrogen (secondary N) is 1. The average molecular weight is 220 g/mol. The SMILES string of the molecule is COC(=O)c1ccc([C@@H]2CNC[C@H]2N)cc1. The first kappa shape index (κ1) is 11.1. The second kappa shape index (κ2) is 4.63. The second-order valence-electron chi connectivity index (χ2n) is 4.04. The summed E-state index contributed by atoms with van der Waals surface area (Å²) in [4.78, 5) is 11.3. The van der Waals surface area contributed by atoms with E-state index in [2.05, 4.69) is 10.1 Å². The number of benzene rings is 1. The van der Waals surface area contributed by atoms with Crippen LogP contribution in [0.1, 0.15) is 21.8 Å². The summed E-state index contributed by atoms with van der Waals surface area (Å²) in [5.74, 6) is 0.0343. The van der Waals surface area contributed by atoms with Gasteiger partial charge in [0.05, 0.1) is 12.7 Å². The number of nitrogens with two attached hydrogens (primary N) is 1. The van der Waals surface area contributed by atoms with E-state index in [0.29, 0.717) is 11.5 Å². The molecule has 4 heteroatoms. The van der Waals surface area contributed by atoms with Crippen molar-refractivity contribution in [3.05, 3.63) is 35.4 Å². The summed E-state index contributed by atoms with van der Waals surface area (Å²) in [6.45, 7) is 1.75. The maximum Gasteiger partial charge on any atom is 0.337 e. The molecule has 1 aliphatic heterocycles. The normalized spacial score (nSPS) is 24.4. The highest BCUT2D eigenvalue weighted by atomic mass is 16.5. The number of rotatable bonds is 2. The molecule has 3 N–H and O–H groups in total. The predicted octanol–water partition coefficient (Wildman–Crippen LogP) is 0.487. The van der Waals surface area contributed by atoms with Gasteiger partial charge in [0.2, 0.25) is 0 Å². The number of hydrogen-bond acceptors (Lipinski definition) is 4. The van der Waals surface area contributed by atoms with E-state index in [1.165, 1.54) is 12.7 Å². The molecule has 1 aromatic carbocycles. The van der Waals surface area contributed by atoms with E-state index >= 15 is 0 Å². The Hall–Kier alpha value is -1.39. The summed E-state index contributed by atoms with van der Waals surface area (Å²) in [5.41, 5.74) is 7.73. The van der Waals surface area contributed by atoms with Gasteiger partial charge in [-0.15, -0.1) is 0 Å². The lowest BCUT2D eigenvalue weighted by Gasteiger charge is -2.14. The largest absolute Gasteiger partial charge is 0.465 e. The maximum absolute atomic E-state index is 11.3. The van der Waals surface area contributed by atoms with Crippen molar-refractivity contribution in [2.24, 2.45) is 5.73 Å². The first-order valence-electron chi connectivity index (χ1n) is 5.37. The molecule has 1 saturated heterocycles. The lowest BCUT2D eigenvalue weighted by Crippen LogP contribution is -2.27. The molecule has 0 aromatic heterocycles. The van der Waals surface area contributed by atoms with Gasteiger partial charge in [0.25, 0.3) is 0 Å². The summed E-state index contributed by atoms with van der Waals surface area (Å²) in [7, 11) is 1.38. The Bertz CT molecular complexity index is 375. The van der Waals surface area contributed by atoms with E-state index in [1.807, 2.05) is 12.1 Å². The highest BCUT2D eigenvalue weighted by molar-refractivity contribution is 5.89. The van der Waals surface area contributed by atoms with Crippen molar-refractivity contribution in [1.29, 1.82) is 0 Å². The lowest BCUT2D eigenvalue weighted by atomic mass is 9.94. The van der Waals surface area contributed by atoms with Gasteiger partial charge in [0.15, 0.2) is 0 Å². The van der Waals surface area contributed by atoms with Crippen LogP contribution < -0.4 is 11.1 Å². The molecule has 0 amide bonds. The average Bonchev–Trinajstić information content (AvgIpc) is 2.75. The van der Waals surface area contributed by atoms with E-state index in [1.54, 1.807) is 12.1 Å². The number of methoxy groups -OCH3 is 1. The van der Waals surface area contributed by atoms with Crippen LogP contribution in [0.5, 0.6) is 0 Å². The number of ether oxygens (including phenoxy) is 1. The molecule has 1 fully saturated rings. The van der Waals surface area contributed by atoms with Crippen LogP contribution in [0.3, 0.4) is 0 Å². The minimum absolute atomic E-state index is 0.156. The Labute approximate surface area is 94.8 Å². The number of carbonyl (C=O) groups is 1. The molecule has 16 heavy (non-hydrogen) atoms. The zero-order valence-corrected chi connectivity index (χ0v) is 9.27. The minimum Gasteiger partial charge on any atom is -0.465 e. The molecule has 0 aliphatic carbocycles. The van der Waals surface area contributed by atoms with Gasteiger partial charge in [0.1, 0.15) is 0 Å². The number of hydrogen-bond donors (Lipinski definition) is 2. The zero-order chi connectivity index (χ0) is 11.5. The summed E-state index contributed by atoms with van der Waals surface area (Å²) in [5, 5.41) is 3.25. The Morgan fingerprint density at radius 3 is 2.56 bits per heavy atom. The lowest BCUT2D eigenvalue weighted by molar-refractivity contribution is 0.0600. The molecule has 0 bridgehead atoms. The third-order valence-electron chi connectivity index (χ3n) is 3.02. The first-order valence-corrected chi connectivity index (χ1v) is 5.37. The van der Waals surface area contributed by atoms with Crippen molar-refractivity contribution < 1.29 is 9.53 Å². The number of carbonyl (C=O) groups excluding carboxylic acids is 1. The summed E-state index contributed by atoms with van der Waals surface area (Å²) < 4.78 is 4.65. The van der Waals surface area contributed by atoms with Crippen molar-refractivity contribution in [3.8, 4) is 0 Å². The van der Waals surface area contributed by atoms with E-state index in [0.717, 1.165) is 13.1 Å². The Morgan fingerprint density at radius 2 is 2.06 bits per heavy atom. The van der Waals surface area contributed by atoms with E-state index < -0.39 is 0 Å². The van der Waals surface area contributed by atoms with Gasteiger partial charge in [-0.25, -0.2) is 4.79 Å². The van der Waals surface area contributed by atoms with Crippen LogP contribution in [0, 0.1) is 0 Å². The van der Waals surface area contributed by atoms with Crippen molar-refractivity contribution in [3.63, 3.8) is 0 Å². The van der Waals surface area contributed by atoms with Gasteiger partial charge in [-0.3, -0.25) is 0 Å². The van der Waals surface area contributed by atoms with Crippen molar-refractivity contribution in [2.45, 2.75) is 12.0 Å².